The zero-order chi connectivity index (χ0) is 11.8. The van der Waals surface area contributed by atoms with Gasteiger partial charge in [0.2, 0.25) is 0 Å². The number of rotatable bonds is 6. The zero-order valence-electron chi connectivity index (χ0n) is 9.19. The van der Waals surface area contributed by atoms with Crippen LogP contribution in [0.3, 0.4) is 0 Å². The van der Waals surface area contributed by atoms with Crippen LogP contribution in [0.1, 0.15) is 13.3 Å². The number of benzene rings is 1. The fourth-order valence-electron chi connectivity index (χ4n) is 1.15. The van der Waals surface area contributed by atoms with Crippen LogP contribution in [0.4, 0.5) is 0 Å². The minimum Gasteiger partial charge on any atom is -0.494 e. The molecule has 0 saturated heterocycles. The normalized spacial score (nSPS) is 11.9. The van der Waals surface area contributed by atoms with Gasteiger partial charge in [-0.3, -0.25) is 4.79 Å². The lowest BCUT2D eigenvalue weighted by Gasteiger charge is -2.10. The molecule has 0 N–H and O–H groups in total. The number of carbonyl (C=O) groups is 1. The van der Waals surface area contributed by atoms with E-state index in [9.17, 15) is 4.79 Å². The van der Waals surface area contributed by atoms with Crippen LogP contribution in [0.2, 0.25) is 0 Å². The van der Waals surface area contributed by atoms with E-state index in [2.05, 4.69) is 15.9 Å². The molecule has 1 rings (SSSR count). The summed E-state index contributed by atoms with van der Waals surface area (Å²) >= 11 is 3.26. The highest BCUT2D eigenvalue weighted by molar-refractivity contribution is 9.10. The van der Waals surface area contributed by atoms with Crippen LogP contribution in [0.25, 0.3) is 0 Å². The monoisotopic (exact) mass is 286 g/mol. The van der Waals surface area contributed by atoms with E-state index >= 15 is 0 Å². The molecule has 0 aromatic heterocycles. The van der Waals surface area contributed by atoms with Crippen LogP contribution in [0, 0.1) is 0 Å². The van der Waals surface area contributed by atoms with E-state index in [1.54, 1.807) is 6.92 Å². The van der Waals surface area contributed by atoms with Crippen molar-refractivity contribution in [1.82, 2.24) is 0 Å². The third-order valence-electron chi connectivity index (χ3n) is 1.93. The minimum atomic E-state index is -0.295. The van der Waals surface area contributed by atoms with Crippen molar-refractivity contribution in [3.8, 4) is 5.75 Å². The van der Waals surface area contributed by atoms with Gasteiger partial charge in [0.05, 0.1) is 13.2 Å². The number of hydrogen-bond donors (Lipinski definition) is 0. The Morgan fingerprint density at radius 1 is 1.38 bits per heavy atom. The number of para-hydroxylation sites is 1. The lowest BCUT2D eigenvalue weighted by molar-refractivity contribution is -0.142. The van der Waals surface area contributed by atoms with Crippen molar-refractivity contribution < 1.29 is 14.3 Å². The number of esters is 1. The van der Waals surface area contributed by atoms with Crippen molar-refractivity contribution >= 4 is 21.9 Å². The van der Waals surface area contributed by atoms with Gasteiger partial charge < -0.3 is 9.47 Å². The molecule has 1 aromatic rings. The molecular weight excluding hydrogens is 272 g/mol. The third-order valence-corrected chi connectivity index (χ3v) is 2.76. The molecule has 0 amide bonds. The average molecular weight is 287 g/mol. The molecule has 1 atom stereocenters. The Kier molecular flexibility index (Phi) is 5.93. The molecule has 88 valence electrons. The molecule has 1 aromatic carbocycles. The van der Waals surface area contributed by atoms with Crippen LogP contribution >= 0.6 is 15.9 Å². The summed E-state index contributed by atoms with van der Waals surface area (Å²) in [7, 11) is 0. The molecule has 3 nitrogen and oxygen atoms in total. The number of carbonyl (C=O) groups excluding carboxylic acids is 1. The fourth-order valence-corrected chi connectivity index (χ4v) is 1.47. The van der Waals surface area contributed by atoms with Gasteiger partial charge in [0.25, 0.3) is 0 Å². The molecule has 1 unspecified atom stereocenters. The number of halogens is 1. The van der Waals surface area contributed by atoms with E-state index in [1.165, 1.54) is 0 Å². The highest BCUT2D eigenvalue weighted by Crippen LogP contribution is 2.12. The SMILES string of the molecule is CCOC(=O)C(Br)CCOc1ccccc1. The van der Waals surface area contributed by atoms with E-state index in [1.807, 2.05) is 30.3 Å². The molecule has 0 saturated carbocycles. The highest BCUT2D eigenvalue weighted by atomic mass is 79.9. The molecule has 16 heavy (non-hydrogen) atoms. The van der Waals surface area contributed by atoms with Crippen LogP contribution in [0.15, 0.2) is 30.3 Å². The summed E-state index contributed by atoms with van der Waals surface area (Å²) in [6.07, 6.45) is 0.591. The van der Waals surface area contributed by atoms with Crippen molar-refractivity contribution in [1.29, 1.82) is 0 Å². The van der Waals surface area contributed by atoms with Crippen molar-refractivity contribution in [3.63, 3.8) is 0 Å². The van der Waals surface area contributed by atoms with Gasteiger partial charge in [-0.05, 0) is 19.1 Å². The lowest BCUT2D eigenvalue weighted by Crippen LogP contribution is -2.19. The molecule has 0 spiro atoms. The molecular formula is C12H15BrO3. The molecule has 0 aliphatic carbocycles. The zero-order valence-corrected chi connectivity index (χ0v) is 10.8. The lowest BCUT2D eigenvalue weighted by atomic mass is 10.3. The predicted octanol–water partition coefficient (Wildman–Crippen LogP) is 2.78. The molecule has 0 bridgehead atoms. The standard InChI is InChI=1S/C12H15BrO3/c1-2-15-12(14)11(13)8-9-16-10-6-4-3-5-7-10/h3-7,11H,2,8-9H2,1H3. The largest absolute Gasteiger partial charge is 0.494 e. The Bertz CT molecular complexity index is 313. The van der Waals surface area contributed by atoms with Crippen molar-refractivity contribution in [2.75, 3.05) is 13.2 Å². The second-order valence-corrected chi connectivity index (χ2v) is 4.28. The Hall–Kier alpha value is -1.03. The molecule has 0 fully saturated rings. The Balaban J connectivity index is 2.23. The van der Waals surface area contributed by atoms with Crippen LogP contribution in [-0.4, -0.2) is 24.0 Å². The number of hydrogen-bond acceptors (Lipinski definition) is 3. The third kappa shape index (κ3) is 4.66. The van der Waals surface area contributed by atoms with Gasteiger partial charge >= 0.3 is 5.97 Å². The maximum absolute atomic E-state index is 11.3. The first-order chi connectivity index (χ1) is 7.74. The van der Waals surface area contributed by atoms with E-state index in [0.717, 1.165) is 5.75 Å². The van der Waals surface area contributed by atoms with Gasteiger partial charge in [0.1, 0.15) is 10.6 Å². The first kappa shape index (κ1) is 13.0. The van der Waals surface area contributed by atoms with Gasteiger partial charge in [-0.15, -0.1) is 0 Å². The first-order valence-electron chi connectivity index (χ1n) is 5.22. The maximum atomic E-state index is 11.3. The van der Waals surface area contributed by atoms with Gasteiger partial charge in [-0.1, -0.05) is 34.1 Å². The summed E-state index contributed by atoms with van der Waals surface area (Å²) in [5, 5.41) is 0. The Labute approximate surface area is 104 Å². The van der Waals surface area contributed by atoms with Crippen molar-refractivity contribution in [2.45, 2.75) is 18.2 Å². The predicted molar refractivity (Wildman–Crippen MR) is 65.9 cm³/mol. The number of ether oxygens (including phenoxy) is 2. The van der Waals surface area contributed by atoms with E-state index in [4.69, 9.17) is 9.47 Å². The summed E-state index contributed by atoms with van der Waals surface area (Å²) < 4.78 is 10.3. The van der Waals surface area contributed by atoms with Crippen LogP contribution in [-0.2, 0) is 9.53 Å². The van der Waals surface area contributed by atoms with Crippen LogP contribution in [0.5, 0.6) is 5.75 Å². The molecule has 0 radical (unpaired) electrons. The summed E-state index contributed by atoms with van der Waals surface area (Å²) in [6, 6.07) is 9.51. The fraction of sp³-hybridized carbons (Fsp3) is 0.417. The summed E-state index contributed by atoms with van der Waals surface area (Å²) in [5.74, 6) is 0.574. The molecule has 0 heterocycles. The second-order valence-electron chi connectivity index (χ2n) is 3.17. The summed E-state index contributed by atoms with van der Waals surface area (Å²) in [5.41, 5.74) is 0. The van der Waals surface area contributed by atoms with Gasteiger partial charge in [0.15, 0.2) is 0 Å². The smallest absolute Gasteiger partial charge is 0.319 e. The average Bonchev–Trinajstić information content (AvgIpc) is 2.30. The maximum Gasteiger partial charge on any atom is 0.319 e. The van der Waals surface area contributed by atoms with Gasteiger partial charge in [0, 0.05) is 6.42 Å². The number of alkyl halides is 1. The highest BCUT2D eigenvalue weighted by Gasteiger charge is 2.15. The topological polar surface area (TPSA) is 35.5 Å². The molecule has 4 heteroatoms. The quantitative estimate of drug-likeness (QED) is 0.596. The first-order valence-corrected chi connectivity index (χ1v) is 6.14. The minimum absolute atomic E-state index is 0.237. The van der Waals surface area contributed by atoms with Gasteiger partial charge in [-0.25, -0.2) is 0 Å². The van der Waals surface area contributed by atoms with Gasteiger partial charge in [-0.2, -0.15) is 0 Å². The van der Waals surface area contributed by atoms with E-state index in [0.29, 0.717) is 19.6 Å². The summed E-state index contributed by atoms with van der Waals surface area (Å²) in [4.78, 5) is 11.0. The van der Waals surface area contributed by atoms with E-state index < -0.39 is 0 Å². The Morgan fingerprint density at radius 3 is 2.69 bits per heavy atom. The Morgan fingerprint density at radius 2 is 2.06 bits per heavy atom. The molecule has 0 aliphatic rings. The van der Waals surface area contributed by atoms with Crippen LogP contribution < -0.4 is 4.74 Å². The van der Waals surface area contributed by atoms with E-state index in [-0.39, 0.29) is 10.8 Å². The molecule has 0 aliphatic heterocycles. The summed E-state index contributed by atoms with van der Waals surface area (Å²) in [6.45, 7) is 2.68. The van der Waals surface area contributed by atoms with Crippen molar-refractivity contribution in [2.24, 2.45) is 0 Å². The second kappa shape index (κ2) is 7.28. The van der Waals surface area contributed by atoms with Crippen molar-refractivity contribution in [3.05, 3.63) is 30.3 Å².